The van der Waals surface area contributed by atoms with Crippen molar-refractivity contribution in [1.29, 1.82) is 5.26 Å². The van der Waals surface area contributed by atoms with Gasteiger partial charge >= 0.3 is 0 Å². The fourth-order valence-electron chi connectivity index (χ4n) is 2.96. The van der Waals surface area contributed by atoms with Crippen LogP contribution in [-0.4, -0.2) is 29.7 Å². The second-order valence-corrected chi connectivity index (χ2v) is 5.87. The number of aryl methyl sites for hydroxylation is 1. The maximum atomic E-state index is 9.19. The highest BCUT2D eigenvalue weighted by Gasteiger charge is 2.23. The Kier molecular flexibility index (Phi) is 4.72. The minimum atomic E-state index is 0.396. The average Bonchev–Trinajstić information content (AvgIpc) is 2.61. The second-order valence-electron chi connectivity index (χ2n) is 5.87. The number of piperidine rings is 1. The second kappa shape index (κ2) is 7.10. The van der Waals surface area contributed by atoms with Gasteiger partial charge in [0.2, 0.25) is 0 Å². The summed E-state index contributed by atoms with van der Waals surface area (Å²) in [6.07, 6.45) is 5.40. The van der Waals surface area contributed by atoms with Crippen LogP contribution >= 0.6 is 0 Å². The molecule has 5 nitrogen and oxygen atoms in total. The van der Waals surface area contributed by atoms with Crippen molar-refractivity contribution >= 4 is 5.82 Å². The molecule has 0 aliphatic carbocycles. The predicted octanol–water partition coefficient (Wildman–Crippen LogP) is 2.95. The van der Waals surface area contributed by atoms with Crippen LogP contribution in [0.4, 0.5) is 5.82 Å². The predicted molar refractivity (Wildman–Crippen MR) is 88.4 cm³/mol. The Labute approximate surface area is 136 Å². The van der Waals surface area contributed by atoms with Gasteiger partial charge < -0.3 is 9.64 Å². The molecular formula is C18H20N4O. The van der Waals surface area contributed by atoms with Crippen molar-refractivity contribution in [2.75, 3.05) is 24.6 Å². The molecule has 1 fully saturated rings. The third-order valence-electron chi connectivity index (χ3n) is 4.17. The first-order valence-electron chi connectivity index (χ1n) is 7.92. The van der Waals surface area contributed by atoms with E-state index in [0.717, 1.165) is 37.2 Å². The molecule has 1 atom stereocenters. The van der Waals surface area contributed by atoms with Crippen molar-refractivity contribution in [3.8, 4) is 11.8 Å². The Hall–Kier alpha value is -2.61. The number of anilines is 1. The molecule has 1 aliphatic heterocycles. The van der Waals surface area contributed by atoms with Gasteiger partial charge in [-0.15, -0.1) is 0 Å². The Bertz CT molecular complexity index is 710. The van der Waals surface area contributed by atoms with Gasteiger partial charge in [-0.25, -0.2) is 9.97 Å². The number of benzene rings is 1. The van der Waals surface area contributed by atoms with Crippen LogP contribution in [0.25, 0.3) is 0 Å². The lowest BCUT2D eigenvalue weighted by atomic mass is 9.99. The zero-order valence-electron chi connectivity index (χ0n) is 13.3. The number of nitriles is 1. The lowest BCUT2D eigenvalue weighted by molar-refractivity contribution is 0.227. The topological polar surface area (TPSA) is 62.0 Å². The lowest BCUT2D eigenvalue weighted by Gasteiger charge is -2.33. The average molecular weight is 308 g/mol. The molecule has 118 valence electrons. The van der Waals surface area contributed by atoms with Crippen LogP contribution in [-0.2, 0) is 0 Å². The quantitative estimate of drug-likeness (QED) is 0.869. The molecule has 1 aliphatic rings. The van der Waals surface area contributed by atoms with Crippen molar-refractivity contribution in [2.45, 2.75) is 19.8 Å². The van der Waals surface area contributed by atoms with Crippen LogP contribution in [0, 0.1) is 24.2 Å². The van der Waals surface area contributed by atoms with Crippen LogP contribution in [0.15, 0.2) is 36.7 Å². The summed E-state index contributed by atoms with van der Waals surface area (Å²) in [7, 11) is 0. The Morgan fingerprint density at radius 2 is 2.13 bits per heavy atom. The Morgan fingerprint density at radius 3 is 2.96 bits per heavy atom. The highest BCUT2D eigenvalue weighted by molar-refractivity contribution is 5.49. The first kappa shape index (κ1) is 15.3. The molecule has 5 heteroatoms. The van der Waals surface area contributed by atoms with E-state index in [0.29, 0.717) is 24.0 Å². The van der Waals surface area contributed by atoms with Gasteiger partial charge in [-0.05, 0) is 31.4 Å². The molecule has 0 saturated carbocycles. The summed E-state index contributed by atoms with van der Waals surface area (Å²) >= 11 is 0. The summed E-state index contributed by atoms with van der Waals surface area (Å²) in [5, 5.41) is 9.19. The Morgan fingerprint density at radius 1 is 1.30 bits per heavy atom. The smallest absolute Gasteiger partial charge is 0.183 e. The first-order valence-corrected chi connectivity index (χ1v) is 7.92. The zero-order valence-corrected chi connectivity index (χ0v) is 13.3. The third kappa shape index (κ3) is 3.59. The molecule has 0 bridgehead atoms. The zero-order chi connectivity index (χ0) is 16.1. The number of para-hydroxylation sites is 1. The number of ether oxygens (including phenoxy) is 1. The molecule has 23 heavy (non-hydrogen) atoms. The summed E-state index contributed by atoms with van der Waals surface area (Å²) in [4.78, 5) is 10.6. The molecule has 2 aromatic rings. The number of rotatable bonds is 4. The lowest BCUT2D eigenvalue weighted by Crippen LogP contribution is -2.38. The van der Waals surface area contributed by atoms with Crippen molar-refractivity contribution < 1.29 is 4.74 Å². The van der Waals surface area contributed by atoms with Crippen LogP contribution < -0.4 is 9.64 Å². The maximum absolute atomic E-state index is 9.19. The van der Waals surface area contributed by atoms with Gasteiger partial charge in [0.1, 0.15) is 11.8 Å². The normalized spacial score (nSPS) is 17.6. The van der Waals surface area contributed by atoms with E-state index in [1.807, 2.05) is 18.2 Å². The van der Waals surface area contributed by atoms with E-state index in [2.05, 4.69) is 33.9 Å². The van der Waals surface area contributed by atoms with Gasteiger partial charge in [-0.2, -0.15) is 5.26 Å². The van der Waals surface area contributed by atoms with Gasteiger partial charge in [0.05, 0.1) is 6.61 Å². The summed E-state index contributed by atoms with van der Waals surface area (Å²) < 4.78 is 5.99. The Balaban J connectivity index is 1.65. The number of hydrogen-bond donors (Lipinski definition) is 0. The van der Waals surface area contributed by atoms with Gasteiger partial charge in [-0.3, -0.25) is 0 Å². The van der Waals surface area contributed by atoms with E-state index in [4.69, 9.17) is 4.74 Å². The van der Waals surface area contributed by atoms with E-state index in [1.165, 1.54) is 0 Å². The fraction of sp³-hybridized carbons (Fsp3) is 0.389. The summed E-state index contributed by atoms with van der Waals surface area (Å²) in [6.45, 7) is 4.50. The van der Waals surface area contributed by atoms with Gasteiger partial charge in [0.25, 0.3) is 0 Å². The van der Waals surface area contributed by atoms with Crippen molar-refractivity contribution in [1.82, 2.24) is 9.97 Å². The van der Waals surface area contributed by atoms with Crippen LogP contribution in [0.1, 0.15) is 24.1 Å². The SMILES string of the molecule is Cc1ccccc1OCC1CCCN(c2nccnc2C#N)C1. The number of hydrogen-bond acceptors (Lipinski definition) is 5. The van der Waals surface area contributed by atoms with Gasteiger partial charge in [0, 0.05) is 31.4 Å². The molecule has 1 aromatic heterocycles. The molecule has 0 N–H and O–H groups in total. The molecule has 1 saturated heterocycles. The van der Waals surface area contributed by atoms with E-state index >= 15 is 0 Å². The van der Waals surface area contributed by atoms with Crippen LogP contribution in [0.2, 0.25) is 0 Å². The summed E-state index contributed by atoms with van der Waals surface area (Å²) in [5.74, 6) is 2.06. The fourth-order valence-corrected chi connectivity index (χ4v) is 2.96. The van der Waals surface area contributed by atoms with Crippen molar-refractivity contribution in [3.05, 3.63) is 47.9 Å². The van der Waals surface area contributed by atoms with Crippen molar-refractivity contribution in [3.63, 3.8) is 0 Å². The number of nitrogens with zero attached hydrogens (tertiary/aromatic N) is 4. The van der Waals surface area contributed by atoms with Gasteiger partial charge in [0.15, 0.2) is 11.5 Å². The molecule has 0 amide bonds. The highest BCUT2D eigenvalue weighted by atomic mass is 16.5. The molecule has 0 radical (unpaired) electrons. The van der Waals surface area contributed by atoms with Gasteiger partial charge in [-0.1, -0.05) is 18.2 Å². The molecule has 2 heterocycles. The molecule has 3 rings (SSSR count). The van der Waals surface area contributed by atoms with Crippen LogP contribution in [0.3, 0.4) is 0 Å². The molecule has 0 spiro atoms. The number of aromatic nitrogens is 2. The first-order chi connectivity index (χ1) is 11.3. The monoisotopic (exact) mass is 308 g/mol. The van der Waals surface area contributed by atoms with E-state index in [9.17, 15) is 5.26 Å². The van der Waals surface area contributed by atoms with E-state index in [-0.39, 0.29) is 0 Å². The highest BCUT2D eigenvalue weighted by Crippen LogP contribution is 2.24. The minimum Gasteiger partial charge on any atom is -0.493 e. The molecule has 1 unspecified atom stereocenters. The summed E-state index contributed by atoms with van der Waals surface area (Å²) in [5.41, 5.74) is 1.55. The van der Waals surface area contributed by atoms with E-state index in [1.54, 1.807) is 12.4 Å². The molecule has 1 aromatic carbocycles. The standard InChI is InChI=1S/C18H20N4O/c1-14-5-2-3-7-17(14)23-13-15-6-4-10-22(12-15)18-16(11-19)20-8-9-21-18/h2-3,5,7-9,15H,4,6,10,12-13H2,1H3. The maximum Gasteiger partial charge on any atom is 0.183 e. The van der Waals surface area contributed by atoms with E-state index < -0.39 is 0 Å². The third-order valence-corrected chi connectivity index (χ3v) is 4.17. The minimum absolute atomic E-state index is 0.396. The molecular weight excluding hydrogens is 288 g/mol. The van der Waals surface area contributed by atoms with Crippen LogP contribution in [0.5, 0.6) is 5.75 Å². The largest absolute Gasteiger partial charge is 0.493 e. The van der Waals surface area contributed by atoms with Crippen molar-refractivity contribution in [2.24, 2.45) is 5.92 Å². The summed E-state index contributed by atoms with van der Waals surface area (Å²) in [6, 6.07) is 10.2.